The van der Waals surface area contributed by atoms with Crippen molar-refractivity contribution in [3.05, 3.63) is 205 Å². The fourth-order valence-electron chi connectivity index (χ4n) is 7.70. The van der Waals surface area contributed by atoms with Crippen LogP contribution in [0.4, 0.5) is 17.1 Å². The maximum atomic E-state index is 6.51. The largest absolute Gasteiger partial charge is 0.466 e. The van der Waals surface area contributed by atoms with Crippen LogP contribution < -0.4 is 4.90 Å². The number of aliphatic imine (C=N–C) groups is 1. The molecular formula is C47H33N3O. The monoisotopic (exact) mass is 655 g/mol. The molecule has 0 amide bonds. The molecule has 51 heavy (non-hydrogen) atoms. The molecule has 242 valence electrons. The Morgan fingerprint density at radius 2 is 1.20 bits per heavy atom. The van der Waals surface area contributed by atoms with Gasteiger partial charge in [-0.2, -0.15) is 0 Å². The number of benzene rings is 6. The lowest BCUT2D eigenvalue weighted by molar-refractivity contribution is 0.212. The van der Waals surface area contributed by atoms with Crippen LogP contribution in [0.15, 0.2) is 204 Å². The first kappa shape index (κ1) is 29.3. The van der Waals surface area contributed by atoms with Crippen molar-refractivity contribution in [3.8, 4) is 16.8 Å². The third-order valence-corrected chi connectivity index (χ3v) is 10.2. The van der Waals surface area contributed by atoms with Crippen LogP contribution >= 0.6 is 0 Å². The van der Waals surface area contributed by atoms with E-state index in [2.05, 4.69) is 198 Å². The van der Waals surface area contributed by atoms with Gasteiger partial charge in [0.1, 0.15) is 0 Å². The molecule has 10 rings (SSSR count). The van der Waals surface area contributed by atoms with Gasteiger partial charge in [0.05, 0.1) is 16.7 Å². The number of para-hydroxylation sites is 2. The first-order valence-corrected chi connectivity index (χ1v) is 17.5. The van der Waals surface area contributed by atoms with Crippen LogP contribution in [0.3, 0.4) is 0 Å². The molecule has 4 nitrogen and oxygen atoms in total. The van der Waals surface area contributed by atoms with E-state index in [1.54, 1.807) is 0 Å². The van der Waals surface area contributed by atoms with Gasteiger partial charge in [0.2, 0.25) is 5.90 Å². The van der Waals surface area contributed by atoms with E-state index in [1.807, 2.05) is 0 Å². The van der Waals surface area contributed by atoms with Crippen LogP contribution in [0, 0.1) is 5.92 Å². The highest BCUT2D eigenvalue weighted by atomic mass is 16.5. The zero-order chi connectivity index (χ0) is 33.7. The summed E-state index contributed by atoms with van der Waals surface area (Å²) >= 11 is 0. The maximum absolute atomic E-state index is 6.51. The van der Waals surface area contributed by atoms with E-state index in [4.69, 9.17) is 9.73 Å². The smallest absolute Gasteiger partial charge is 0.221 e. The molecule has 2 aliphatic carbocycles. The summed E-state index contributed by atoms with van der Waals surface area (Å²) in [5.41, 5.74) is 12.3. The lowest BCUT2D eigenvalue weighted by Gasteiger charge is -2.27. The van der Waals surface area contributed by atoms with Crippen molar-refractivity contribution in [3.63, 3.8) is 0 Å². The first-order valence-electron chi connectivity index (χ1n) is 17.5. The van der Waals surface area contributed by atoms with Gasteiger partial charge in [0.25, 0.3) is 0 Å². The predicted octanol–water partition coefficient (Wildman–Crippen LogP) is 11.6. The molecule has 0 saturated carbocycles. The minimum atomic E-state index is -0.0924. The van der Waals surface area contributed by atoms with E-state index in [9.17, 15) is 0 Å². The SMILES string of the molecule is C1=CC2=CC=C3N=C(c4ccc(N(c5ccc(-c6ccccc6)cc5)c5ccc6c(c5)c5ccccc5n6-c5ccccc5)cc4)OC3C2C=C1. The lowest BCUT2D eigenvalue weighted by Crippen LogP contribution is -2.26. The Hall–Kier alpha value is -6.65. The molecule has 1 aliphatic heterocycles. The molecule has 0 bridgehead atoms. The lowest BCUT2D eigenvalue weighted by atomic mass is 9.84. The highest BCUT2D eigenvalue weighted by Gasteiger charge is 2.36. The van der Waals surface area contributed by atoms with E-state index < -0.39 is 0 Å². The van der Waals surface area contributed by atoms with E-state index in [1.165, 1.54) is 38.5 Å². The molecule has 0 radical (unpaired) electrons. The van der Waals surface area contributed by atoms with Crippen LogP contribution in [0.5, 0.6) is 0 Å². The Morgan fingerprint density at radius 1 is 0.549 bits per heavy atom. The Bertz CT molecular complexity index is 2590. The third-order valence-electron chi connectivity index (χ3n) is 10.2. The summed E-state index contributed by atoms with van der Waals surface area (Å²) in [6, 6.07) is 54.1. The van der Waals surface area contributed by atoms with Gasteiger partial charge in [-0.25, -0.2) is 4.99 Å². The maximum Gasteiger partial charge on any atom is 0.221 e. The second kappa shape index (κ2) is 12.0. The van der Waals surface area contributed by atoms with Crippen molar-refractivity contribution in [2.75, 3.05) is 4.90 Å². The molecule has 0 saturated heterocycles. The topological polar surface area (TPSA) is 29.8 Å². The average molecular weight is 656 g/mol. The minimum Gasteiger partial charge on any atom is -0.466 e. The normalized spacial score (nSPS) is 17.4. The number of anilines is 3. The zero-order valence-corrected chi connectivity index (χ0v) is 27.8. The summed E-state index contributed by atoms with van der Waals surface area (Å²) < 4.78 is 8.87. The van der Waals surface area contributed by atoms with E-state index in [-0.39, 0.29) is 12.0 Å². The van der Waals surface area contributed by atoms with Gasteiger partial charge in [-0.05, 0) is 95.6 Å². The van der Waals surface area contributed by atoms with Crippen molar-refractivity contribution < 1.29 is 4.74 Å². The molecule has 2 heterocycles. The quantitative estimate of drug-likeness (QED) is 0.178. The standard InChI is InChI=1S/C47H33N3O/c1-3-11-32(12-4-1)33-19-24-37(25-20-33)49(38-26-21-35(22-27-38)47-48-43-29-23-34-13-7-8-16-40(34)46(43)51-47)39-28-30-45-42(31-39)41-17-9-10-18-44(41)50(45)36-14-5-2-6-15-36/h1-31,40,46H. The first-order chi connectivity index (χ1) is 25.3. The molecule has 0 N–H and O–H groups in total. The van der Waals surface area contributed by atoms with Gasteiger partial charge in [0, 0.05) is 45.0 Å². The zero-order valence-electron chi connectivity index (χ0n) is 27.8. The molecule has 1 aromatic heterocycles. The number of rotatable bonds is 6. The van der Waals surface area contributed by atoms with Gasteiger partial charge in [-0.15, -0.1) is 0 Å². The predicted molar refractivity (Wildman–Crippen MR) is 210 cm³/mol. The summed E-state index contributed by atoms with van der Waals surface area (Å²) in [7, 11) is 0. The Labute approximate surface area is 296 Å². The third kappa shape index (κ3) is 5.03. The average Bonchev–Trinajstić information content (AvgIpc) is 3.79. The summed E-state index contributed by atoms with van der Waals surface area (Å²) in [4.78, 5) is 7.26. The van der Waals surface area contributed by atoms with Crippen molar-refractivity contribution in [1.82, 2.24) is 4.57 Å². The molecule has 4 heteroatoms. The highest BCUT2D eigenvalue weighted by molar-refractivity contribution is 6.10. The summed E-state index contributed by atoms with van der Waals surface area (Å²) in [5.74, 6) is 0.858. The van der Waals surface area contributed by atoms with Crippen LogP contribution in [0.1, 0.15) is 5.56 Å². The number of hydrogen-bond donors (Lipinski definition) is 0. The van der Waals surface area contributed by atoms with Crippen molar-refractivity contribution in [2.45, 2.75) is 6.10 Å². The number of hydrogen-bond acceptors (Lipinski definition) is 3. The second-order valence-corrected chi connectivity index (χ2v) is 13.2. The number of allylic oxidation sites excluding steroid dienone is 5. The fourth-order valence-corrected chi connectivity index (χ4v) is 7.70. The Morgan fingerprint density at radius 3 is 1.98 bits per heavy atom. The summed E-state index contributed by atoms with van der Waals surface area (Å²) in [6.07, 6.45) is 12.7. The number of aromatic nitrogens is 1. The van der Waals surface area contributed by atoms with Crippen LogP contribution in [-0.2, 0) is 4.74 Å². The summed E-state index contributed by atoms with van der Waals surface area (Å²) in [5, 5.41) is 2.43. The molecule has 2 atom stereocenters. The molecule has 0 fully saturated rings. The number of ether oxygens (including phenoxy) is 1. The highest BCUT2D eigenvalue weighted by Crippen LogP contribution is 2.41. The fraction of sp³-hybridized carbons (Fsp3) is 0.0426. The van der Waals surface area contributed by atoms with Crippen LogP contribution in [0.25, 0.3) is 38.6 Å². The van der Waals surface area contributed by atoms with Crippen molar-refractivity contribution in [2.24, 2.45) is 10.9 Å². The number of fused-ring (bicyclic) bond motifs is 6. The van der Waals surface area contributed by atoms with E-state index in [0.717, 1.165) is 34.0 Å². The molecule has 7 aromatic rings. The van der Waals surface area contributed by atoms with Gasteiger partial charge in [-0.1, -0.05) is 109 Å². The van der Waals surface area contributed by atoms with Gasteiger partial charge in [-0.3, -0.25) is 0 Å². The van der Waals surface area contributed by atoms with Crippen LogP contribution in [-0.4, -0.2) is 16.6 Å². The van der Waals surface area contributed by atoms with Gasteiger partial charge < -0.3 is 14.2 Å². The molecular weight excluding hydrogens is 623 g/mol. The van der Waals surface area contributed by atoms with E-state index >= 15 is 0 Å². The van der Waals surface area contributed by atoms with Crippen molar-refractivity contribution in [1.29, 1.82) is 0 Å². The van der Waals surface area contributed by atoms with Gasteiger partial charge in [0.15, 0.2) is 6.10 Å². The Kier molecular flexibility index (Phi) is 6.91. The molecule has 3 aliphatic rings. The molecule has 6 aromatic carbocycles. The van der Waals surface area contributed by atoms with E-state index in [0.29, 0.717) is 5.90 Å². The number of nitrogens with zero attached hydrogens (tertiary/aromatic N) is 3. The molecule has 2 unspecified atom stereocenters. The second-order valence-electron chi connectivity index (χ2n) is 13.2. The van der Waals surface area contributed by atoms with Gasteiger partial charge >= 0.3 is 0 Å². The van der Waals surface area contributed by atoms with Crippen LogP contribution in [0.2, 0.25) is 0 Å². The minimum absolute atomic E-state index is 0.0924. The Balaban J connectivity index is 1.07. The molecule has 0 spiro atoms. The summed E-state index contributed by atoms with van der Waals surface area (Å²) in [6.45, 7) is 0. The van der Waals surface area contributed by atoms with Crippen molar-refractivity contribution >= 4 is 44.8 Å².